The van der Waals surface area contributed by atoms with Crippen LogP contribution in [-0.4, -0.2) is 21.4 Å². The zero-order valence-corrected chi connectivity index (χ0v) is 12.5. The number of sulfone groups is 1. The van der Waals surface area contributed by atoms with E-state index in [1.165, 1.54) is 12.1 Å². The molecule has 0 atom stereocenters. The zero-order valence-electron chi connectivity index (χ0n) is 9.25. The second kappa shape index (κ2) is 5.59. The van der Waals surface area contributed by atoms with E-state index in [4.69, 9.17) is 4.55 Å². The van der Waals surface area contributed by atoms with Crippen molar-refractivity contribution in [1.29, 1.82) is 0 Å². The average Bonchev–Trinajstić information content (AvgIpc) is 2.79. The SMILES string of the molecule is Cl.O=S(=O)(O)c1ccc(S(=O)(=O)c2ccccc2)s1. The molecule has 0 aliphatic carbocycles. The van der Waals surface area contributed by atoms with Crippen molar-refractivity contribution in [2.75, 3.05) is 0 Å². The van der Waals surface area contributed by atoms with Gasteiger partial charge in [-0.15, -0.1) is 23.7 Å². The maximum Gasteiger partial charge on any atom is 0.304 e. The molecule has 104 valence electrons. The minimum Gasteiger partial charge on any atom is -0.281 e. The molecular formula is C10H9ClO5S3. The molecule has 0 amide bonds. The van der Waals surface area contributed by atoms with Gasteiger partial charge in [-0.25, -0.2) is 8.42 Å². The summed E-state index contributed by atoms with van der Waals surface area (Å²) in [5.41, 5.74) is 0. The number of halogens is 1. The van der Waals surface area contributed by atoms with Gasteiger partial charge in [0.1, 0.15) is 8.42 Å². The molecule has 1 N–H and O–H groups in total. The molecule has 1 heterocycles. The molecule has 0 aliphatic heterocycles. The Hall–Kier alpha value is -0.930. The highest BCUT2D eigenvalue weighted by Gasteiger charge is 2.22. The van der Waals surface area contributed by atoms with Crippen molar-refractivity contribution in [3.63, 3.8) is 0 Å². The quantitative estimate of drug-likeness (QED) is 0.866. The predicted molar refractivity (Wildman–Crippen MR) is 73.3 cm³/mol. The molecule has 0 aliphatic rings. The maximum absolute atomic E-state index is 12.1. The Kier molecular flexibility index (Phi) is 4.75. The smallest absolute Gasteiger partial charge is 0.281 e. The van der Waals surface area contributed by atoms with Crippen LogP contribution in [0.3, 0.4) is 0 Å². The molecule has 0 bridgehead atoms. The van der Waals surface area contributed by atoms with Gasteiger partial charge in [-0.3, -0.25) is 4.55 Å². The first-order valence-electron chi connectivity index (χ1n) is 4.69. The molecule has 2 aromatic rings. The first-order chi connectivity index (χ1) is 8.32. The van der Waals surface area contributed by atoms with Crippen molar-refractivity contribution in [2.24, 2.45) is 0 Å². The van der Waals surface area contributed by atoms with Crippen LogP contribution in [0, 0.1) is 0 Å². The summed E-state index contributed by atoms with van der Waals surface area (Å²) < 4.78 is 54.3. The van der Waals surface area contributed by atoms with Crippen molar-refractivity contribution < 1.29 is 21.4 Å². The van der Waals surface area contributed by atoms with E-state index in [-0.39, 0.29) is 21.5 Å². The Bertz CT molecular complexity index is 763. The van der Waals surface area contributed by atoms with Crippen LogP contribution in [0.5, 0.6) is 0 Å². The molecule has 1 aromatic carbocycles. The van der Waals surface area contributed by atoms with Gasteiger partial charge >= 0.3 is 10.1 Å². The van der Waals surface area contributed by atoms with Crippen LogP contribution in [0.15, 0.2) is 55.8 Å². The van der Waals surface area contributed by atoms with Gasteiger partial charge in [0, 0.05) is 0 Å². The van der Waals surface area contributed by atoms with Crippen LogP contribution in [0.4, 0.5) is 0 Å². The van der Waals surface area contributed by atoms with Crippen molar-refractivity contribution >= 4 is 43.7 Å². The minimum absolute atomic E-state index is 0. The molecule has 0 radical (unpaired) electrons. The third kappa shape index (κ3) is 3.34. The highest BCUT2D eigenvalue weighted by molar-refractivity contribution is 7.94. The molecule has 0 fully saturated rings. The summed E-state index contributed by atoms with van der Waals surface area (Å²) in [6.07, 6.45) is 0. The minimum atomic E-state index is -4.37. The largest absolute Gasteiger partial charge is 0.304 e. The Morgan fingerprint density at radius 3 is 1.84 bits per heavy atom. The molecule has 0 unspecified atom stereocenters. The number of hydrogen-bond acceptors (Lipinski definition) is 5. The van der Waals surface area contributed by atoms with Crippen molar-refractivity contribution in [3.8, 4) is 0 Å². The van der Waals surface area contributed by atoms with E-state index in [0.29, 0.717) is 11.3 Å². The highest BCUT2D eigenvalue weighted by Crippen LogP contribution is 2.29. The van der Waals surface area contributed by atoms with Crippen molar-refractivity contribution in [3.05, 3.63) is 42.5 Å². The molecule has 19 heavy (non-hydrogen) atoms. The zero-order chi connectivity index (χ0) is 13.4. The van der Waals surface area contributed by atoms with E-state index >= 15 is 0 Å². The lowest BCUT2D eigenvalue weighted by Gasteiger charge is -2.00. The highest BCUT2D eigenvalue weighted by atomic mass is 35.5. The van der Waals surface area contributed by atoms with Crippen LogP contribution in [0.1, 0.15) is 0 Å². The van der Waals surface area contributed by atoms with Gasteiger partial charge in [-0.1, -0.05) is 18.2 Å². The summed E-state index contributed by atoms with van der Waals surface area (Å²) in [7, 11) is -8.11. The Morgan fingerprint density at radius 2 is 1.37 bits per heavy atom. The summed E-state index contributed by atoms with van der Waals surface area (Å²) in [4.78, 5) is 0.0775. The van der Waals surface area contributed by atoms with E-state index in [0.717, 1.165) is 12.1 Å². The van der Waals surface area contributed by atoms with E-state index in [1.807, 2.05) is 0 Å². The third-order valence-electron chi connectivity index (χ3n) is 2.13. The van der Waals surface area contributed by atoms with Crippen LogP contribution in [0.25, 0.3) is 0 Å². The average molecular weight is 341 g/mol. The van der Waals surface area contributed by atoms with Gasteiger partial charge in [0.05, 0.1) is 4.90 Å². The second-order valence-electron chi connectivity index (χ2n) is 3.37. The molecule has 0 saturated heterocycles. The summed E-state index contributed by atoms with van der Waals surface area (Å²) in [5, 5.41) is 0. The standard InChI is InChI=1S/C10H8O5S3.ClH/c11-17(12,8-4-2-1-3-5-8)9-6-7-10(16-9)18(13,14)15;/h1-7H,(H,13,14,15);1H. The van der Waals surface area contributed by atoms with E-state index in [1.54, 1.807) is 18.2 Å². The second-order valence-corrected chi connectivity index (χ2v) is 8.27. The molecule has 0 spiro atoms. The summed E-state index contributed by atoms with van der Waals surface area (Å²) in [6, 6.07) is 9.89. The fraction of sp³-hybridized carbons (Fsp3) is 0. The number of thiophene rings is 1. The van der Waals surface area contributed by atoms with Gasteiger partial charge in [-0.05, 0) is 24.3 Å². The Morgan fingerprint density at radius 1 is 0.842 bits per heavy atom. The molecular weight excluding hydrogens is 332 g/mol. The van der Waals surface area contributed by atoms with E-state index in [2.05, 4.69) is 0 Å². The van der Waals surface area contributed by atoms with Crippen molar-refractivity contribution in [2.45, 2.75) is 13.3 Å². The Labute approximate surface area is 121 Å². The summed E-state index contributed by atoms with van der Waals surface area (Å²) in [5.74, 6) is 0. The van der Waals surface area contributed by atoms with Gasteiger partial charge < -0.3 is 0 Å². The molecule has 2 rings (SSSR count). The molecule has 1 aromatic heterocycles. The number of benzene rings is 1. The third-order valence-corrected chi connectivity index (χ3v) is 6.80. The first kappa shape index (κ1) is 16.1. The molecule has 0 saturated carbocycles. The van der Waals surface area contributed by atoms with Gasteiger partial charge in [0.2, 0.25) is 9.84 Å². The topological polar surface area (TPSA) is 88.5 Å². The number of rotatable bonds is 3. The summed E-state index contributed by atoms with van der Waals surface area (Å²) in [6.45, 7) is 0. The van der Waals surface area contributed by atoms with E-state index < -0.39 is 24.2 Å². The van der Waals surface area contributed by atoms with Crippen LogP contribution in [-0.2, 0) is 20.0 Å². The maximum atomic E-state index is 12.1. The fourth-order valence-corrected chi connectivity index (χ4v) is 4.85. The molecule has 9 heteroatoms. The van der Waals surface area contributed by atoms with Gasteiger partial charge in [0.25, 0.3) is 0 Å². The monoisotopic (exact) mass is 340 g/mol. The van der Waals surface area contributed by atoms with Gasteiger partial charge in [0.15, 0.2) is 0 Å². The number of hydrogen-bond donors (Lipinski definition) is 1. The summed E-state index contributed by atoms with van der Waals surface area (Å²) >= 11 is 0.516. The Balaban J connectivity index is 0.00000180. The lowest BCUT2D eigenvalue weighted by molar-refractivity contribution is 0.485. The first-order valence-corrected chi connectivity index (χ1v) is 8.43. The van der Waals surface area contributed by atoms with Crippen molar-refractivity contribution in [1.82, 2.24) is 0 Å². The normalized spacial score (nSPS) is 11.8. The van der Waals surface area contributed by atoms with Crippen LogP contribution >= 0.6 is 23.7 Å². The lowest BCUT2D eigenvalue weighted by Crippen LogP contribution is -1.99. The van der Waals surface area contributed by atoms with Crippen LogP contribution in [0.2, 0.25) is 0 Å². The lowest BCUT2D eigenvalue weighted by atomic mass is 10.4. The molecule has 5 nitrogen and oxygen atoms in total. The van der Waals surface area contributed by atoms with E-state index in [9.17, 15) is 16.8 Å². The van der Waals surface area contributed by atoms with Gasteiger partial charge in [-0.2, -0.15) is 8.42 Å². The van der Waals surface area contributed by atoms with Crippen LogP contribution < -0.4 is 0 Å². The predicted octanol–water partition coefficient (Wildman–Crippen LogP) is 2.25. The fourth-order valence-electron chi connectivity index (χ4n) is 1.30.